The largest absolute Gasteiger partial charge is 0.437 e. The Kier molecular flexibility index (Phi) is 4.27. The van der Waals surface area contributed by atoms with Crippen molar-refractivity contribution >= 4 is 23.2 Å². The van der Waals surface area contributed by atoms with Crippen LogP contribution < -0.4 is 4.74 Å². The van der Waals surface area contributed by atoms with Gasteiger partial charge in [0.25, 0.3) is 0 Å². The van der Waals surface area contributed by atoms with Crippen LogP contribution >= 0.6 is 23.2 Å². The molecule has 1 aromatic heterocycles. The third-order valence-corrected chi connectivity index (χ3v) is 3.30. The summed E-state index contributed by atoms with van der Waals surface area (Å²) in [5, 5.41) is 0.934. The fraction of sp³-hybridized carbons (Fsp3) is 0.286. The van der Waals surface area contributed by atoms with Crippen molar-refractivity contribution in [3.8, 4) is 11.6 Å². The van der Waals surface area contributed by atoms with Crippen molar-refractivity contribution in [2.45, 2.75) is 26.7 Å². The van der Waals surface area contributed by atoms with Crippen molar-refractivity contribution in [2.24, 2.45) is 0 Å². The van der Waals surface area contributed by atoms with Crippen LogP contribution in [0.4, 0.5) is 0 Å². The molecule has 2 aromatic rings. The van der Waals surface area contributed by atoms with Gasteiger partial charge in [0.05, 0.1) is 5.02 Å². The predicted octanol–water partition coefficient (Wildman–Crippen LogP) is 5.01. The topological polar surface area (TPSA) is 35.0 Å². The number of benzene rings is 1. The first-order chi connectivity index (χ1) is 8.99. The Morgan fingerprint density at radius 1 is 1.11 bits per heavy atom. The molecular formula is C14H14Cl2N2O. The van der Waals surface area contributed by atoms with Crippen LogP contribution in [0.2, 0.25) is 10.2 Å². The monoisotopic (exact) mass is 296 g/mol. The van der Waals surface area contributed by atoms with Gasteiger partial charge in [0.1, 0.15) is 16.7 Å². The Balaban J connectivity index is 2.42. The minimum absolute atomic E-state index is 0.173. The summed E-state index contributed by atoms with van der Waals surface area (Å²) in [6.45, 7) is 5.82. The maximum absolute atomic E-state index is 6.10. The van der Waals surface area contributed by atoms with E-state index in [1.807, 2.05) is 32.9 Å². The zero-order valence-electron chi connectivity index (χ0n) is 10.9. The summed E-state index contributed by atoms with van der Waals surface area (Å²) in [5.41, 5.74) is 0.700. The van der Waals surface area contributed by atoms with Gasteiger partial charge < -0.3 is 4.74 Å². The Bertz CT molecular complexity index is 600. The third kappa shape index (κ3) is 3.17. The van der Waals surface area contributed by atoms with Gasteiger partial charge in [0.2, 0.25) is 5.88 Å². The first-order valence-electron chi connectivity index (χ1n) is 5.95. The average molecular weight is 297 g/mol. The number of halogens is 2. The molecule has 0 bridgehead atoms. The molecule has 1 aromatic carbocycles. The molecule has 5 heteroatoms. The summed E-state index contributed by atoms with van der Waals surface area (Å²) in [4.78, 5) is 8.63. The Morgan fingerprint density at radius 2 is 1.79 bits per heavy atom. The number of hydrogen-bond donors (Lipinski definition) is 0. The van der Waals surface area contributed by atoms with Gasteiger partial charge in [-0.05, 0) is 19.1 Å². The molecule has 0 N–H and O–H groups in total. The summed E-state index contributed by atoms with van der Waals surface area (Å²) < 4.78 is 5.74. The number of ether oxygens (including phenoxy) is 1. The number of aromatic nitrogens is 2. The van der Waals surface area contributed by atoms with E-state index in [-0.39, 0.29) is 5.92 Å². The van der Waals surface area contributed by atoms with Crippen LogP contribution in [0.15, 0.2) is 24.3 Å². The molecule has 0 saturated carbocycles. The highest BCUT2D eigenvalue weighted by Crippen LogP contribution is 2.32. The molecular weight excluding hydrogens is 283 g/mol. The molecule has 0 spiro atoms. The van der Waals surface area contributed by atoms with Crippen molar-refractivity contribution in [1.29, 1.82) is 0 Å². The van der Waals surface area contributed by atoms with Crippen LogP contribution in [0.5, 0.6) is 11.6 Å². The van der Waals surface area contributed by atoms with Crippen LogP contribution in [0.25, 0.3) is 0 Å². The van der Waals surface area contributed by atoms with E-state index in [0.29, 0.717) is 33.2 Å². The third-order valence-electron chi connectivity index (χ3n) is 2.62. The van der Waals surface area contributed by atoms with Gasteiger partial charge >= 0.3 is 0 Å². The normalized spacial score (nSPS) is 10.8. The van der Waals surface area contributed by atoms with Crippen LogP contribution in [0.1, 0.15) is 31.2 Å². The molecule has 19 heavy (non-hydrogen) atoms. The van der Waals surface area contributed by atoms with Gasteiger partial charge in [-0.3, -0.25) is 0 Å². The first-order valence-corrected chi connectivity index (χ1v) is 6.71. The zero-order chi connectivity index (χ0) is 14.0. The van der Waals surface area contributed by atoms with Gasteiger partial charge in [-0.15, -0.1) is 0 Å². The van der Waals surface area contributed by atoms with E-state index in [1.165, 1.54) is 0 Å². The molecule has 0 amide bonds. The average Bonchev–Trinajstić information content (AvgIpc) is 2.37. The molecule has 1 heterocycles. The zero-order valence-corrected chi connectivity index (χ0v) is 12.5. The summed E-state index contributed by atoms with van der Waals surface area (Å²) in [6.07, 6.45) is 0. The Labute approximate surface area is 122 Å². The predicted molar refractivity (Wildman–Crippen MR) is 77.4 cm³/mol. The van der Waals surface area contributed by atoms with Crippen LogP contribution in [-0.2, 0) is 0 Å². The highest BCUT2D eigenvalue weighted by atomic mass is 35.5. The Hall–Kier alpha value is -1.32. The number of hydrogen-bond acceptors (Lipinski definition) is 3. The van der Waals surface area contributed by atoms with E-state index >= 15 is 0 Å². The quantitative estimate of drug-likeness (QED) is 0.747. The number of rotatable bonds is 3. The van der Waals surface area contributed by atoms with Gasteiger partial charge in [-0.25, -0.2) is 4.98 Å². The second-order valence-corrected chi connectivity index (χ2v) is 5.26. The molecule has 0 aliphatic heterocycles. The first kappa shape index (κ1) is 14.1. The summed E-state index contributed by atoms with van der Waals surface area (Å²) in [6, 6.07) is 7.24. The van der Waals surface area contributed by atoms with E-state index in [9.17, 15) is 0 Å². The second-order valence-electron chi connectivity index (χ2n) is 4.49. The van der Waals surface area contributed by atoms with E-state index in [0.717, 1.165) is 0 Å². The minimum Gasteiger partial charge on any atom is -0.437 e. The lowest BCUT2D eigenvalue weighted by Gasteiger charge is -2.12. The molecule has 2 rings (SSSR count). The van der Waals surface area contributed by atoms with E-state index in [2.05, 4.69) is 9.97 Å². The van der Waals surface area contributed by atoms with Gasteiger partial charge in [-0.2, -0.15) is 4.98 Å². The van der Waals surface area contributed by atoms with Crippen molar-refractivity contribution in [2.75, 3.05) is 0 Å². The number of nitrogens with zero attached hydrogens (tertiary/aromatic N) is 2. The molecule has 0 unspecified atom stereocenters. The molecule has 0 atom stereocenters. The van der Waals surface area contributed by atoms with E-state index < -0.39 is 0 Å². The molecule has 3 nitrogen and oxygen atoms in total. The lowest BCUT2D eigenvalue weighted by Crippen LogP contribution is -2.02. The highest BCUT2D eigenvalue weighted by molar-refractivity contribution is 6.32. The summed E-state index contributed by atoms with van der Waals surface area (Å²) in [5.74, 6) is 1.82. The SMILES string of the molecule is Cc1c(Cl)nc(C(C)C)nc1Oc1ccccc1Cl. The molecule has 0 saturated heterocycles. The van der Waals surface area contributed by atoms with Gasteiger partial charge in [0, 0.05) is 11.5 Å². The fourth-order valence-electron chi connectivity index (χ4n) is 1.47. The second kappa shape index (κ2) is 5.76. The summed E-state index contributed by atoms with van der Waals surface area (Å²) >= 11 is 12.2. The Morgan fingerprint density at radius 3 is 2.42 bits per heavy atom. The lowest BCUT2D eigenvalue weighted by atomic mass is 10.2. The maximum atomic E-state index is 6.10. The van der Waals surface area contributed by atoms with Crippen molar-refractivity contribution in [3.63, 3.8) is 0 Å². The highest BCUT2D eigenvalue weighted by Gasteiger charge is 2.14. The lowest BCUT2D eigenvalue weighted by molar-refractivity contribution is 0.453. The van der Waals surface area contributed by atoms with Crippen molar-refractivity contribution in [1.82, 2.24) is 9.97 Å². The maximum Gasteiger partial charge on any atom is 0.227 e. The molecule has 0 aliphatic rings. The van der Waals surface area contributed by atoms with E-state index in [1.54, 1.807) is 12.1 Å². The molecule has 100 valence electrons. The molecule has 0 aliphatic carbocycles. The standard InChI is InChI=1S/C14H14Cl2N2O/c1-8(2)13-17-12(16)9(3)14(18-13)19-11-7-5-4-6-10(11)15/h4-8H,1-3H3. The van der Waals surface area contributed by atoms with Crippen LogP contribution in [0, 0.1) is 6.92 Å². The molecule has 0 fully saturated rings. The van der Waals surface area contributed by atoms with Crippen LogP contribution in [-0.4, -0.2) is 9.97 Å². The number of para-hydroxylation sites is 1. The van der Waals surface area contributed by atoms with E-state index in [4.69, 9.17) is 27.9 Å². The van der Waals surface area contributed by atoms with Crippen molar-refractivity contribution in [3.05, 3.63) is 45.8 Å². The summed E-state index contributed by atoms with van der Waals surface area (Å²) in [7, 11) is 0. The smallest absolute Gasteiger partial charge is 0.227 e. The van der Waals surface area contributed by atoms with Gasteiger partial charge in [0.15, 0.2) is 0 Å². The van der Waals surface area contributed by atoms with Crippen molar-refractivity contribution < 1.29 is 4.74 Å². The fourth-order valence-corrected chi connectivity index (χ4v) is 1.82. The molecule has 0 radical (unpaired) electrons. The van der Waals surface area contributed by atoms with Gasteiger partial charge in [-0.1, -0.05) is 49.2 Å². The van der Waals surface area contributed by atoms with Crippen LogP contribution in [0.3, 0.4) is 0 Å². The minimum atomic E-state index is 0.173.